The third-order valence-corrected chi connectivity index (χ3v) is 0.769. The van der Waals surface area contributed by atoms with Gasteiger partial charge in [-0.1, -0.05) is 0 Å². The first-order valence-electron chi connectivity index (χ1n) is 3.02. The van der Waals surface area contributed by atoms with Gasteiger partial charge in [-0.25, -0.2) is 0 Å². The number of amides is 2. The van der Waals surface area contributed by atoms with Crippen LogP contribution in [0.2, 0.25) is 0 Å². The normalized spacial score (nSPS) is 9.64. The summed E-state index contributed by atoms with van der Waals surface area (Å²) in [4.78, 5) is 31.1. The van der Waals surface area contributed by atoms with Gasteiger partial charge in [0.2, 0.25) is 5.91 Å². The summed E-state index contributed by atoms with van der Waals surface area (Å²) in [6.07, 6.45) is 2.11. The molecule has 2 amide bonds. The molecule has 0 aliphatic heterocycles. The minimum atomic E-state index is -0.576. The highest BCUT2D eigenvalue weighted by Gasteiger charge is 1.96. The van der Waals surface area contributed by atoms with Crippen LogP contribution >= 0.6 is 0 Å². The molecule has 0 heterocycles. The lowest BCUT2D eigenvalue weighted by molar-refractivity contribution is -0.126. The molecule has 1 N–H and O–H groups in total. The van der Waals surface area contributed by atoms with Crippen molar-refractivity contribution in [2.24, 2.45) is 0 Å². The summed E-state index contributed by atoms with van der Waals surface area (Å²) in [6, 6.07) is 0. The average Bonchev–Trinajstić information content (AvgIpc) is 1.82. The maximum atomic E-state index is 10.6. The van der Waals surface area contributed by atoms with E-state index >= 15 is 0 Å². The molecule has 4 nitrogen and oxygen atoms in total. The van der Waals surface area contributed by atoms with Gasteiger partial charge in [0.25, 0.3) is 5.91 Å². The molecule has 4 heteroatoms. The highest BCUT2D eigenvalue weighted by molar-refractivity contribution is 6.03. The van der Waals surface area contributed by atoms with E-state index in [9.17, 15) is 14.4 Å². The van der Waals surface area contributed by atoms with Gasteiger partial charge < -0.3 is 0 Å². The first-order chi connectivity index (χ1) is 5.02. The van der Waals surface area contributed by atoms with Gasteiger partial charge in [-0.15, -0.1) is 0 Å². The van der Waals surface area contributed by atoms with Gasteiger partial charge in [-0.2, -0.15) is 0 Å². The van der Waals surface area contributed by atoms with Crippen LogP contribution in [0.5, 0.6) is 0 Å². The number of nitrogens with one attached hydrogen (secondary N) is 1. The van der Waals surface area contributed by atoms with Gasteiger partial charge in [-0.3, -0.25) is 19.7 Å². The van der Waals surface area contributed by atoms with E-state index < -0.39 is 11.8 Å². The minimum Gasteiger partial charge on any atom is -0.295 e. The van der Waals surface area contributed by atoms with Crippen molar-refractivity contribution < 1.29 is 14.4 Å². The molecule has 0 unspecified atom stereocenters. The van der Waals surface area contributed by atoms with Crippen LogP contribution in [0, 0.1) is 0 Å². The number of ketones is 1. The Hall–Kier alpha value is -1.45. The smallest absolute Gasteiger partial charge is 0.250 e. The first kappa shape index (κ1) is 9.55. The van der Waals surface area contributed by atoms with E-state index in [1.807, 2.05) is 5.32 Å². The zero-order valence-electron chi connectivity index (χ0n) is 6.38. The lowest BCUT2D eigenvalue weighted by Crippen LogP contribution is -2.25. The lowest BCUT2D eigenvalue weighted by Gasteiger charge is -1.91. The summed E-state index contributed by atoms with van der Waals surface area (Å²) < 4.78 is 0. The quantitative estimate of drug-likeness (QED) is 0.561. The van der Waals surface area contributed by atoms with E-state index in [-0.39, 0.29) is 5.78 Å². The second-order valence-corrected chi connectivity index (χ2v) is 1.99. The predicted molar refractivity (Wildman–Crippen MR) is 38.6 cm³/mol. The van der Waals surface area contributed by atoms with Gasteiger partial charge >= 0.3 is 0 Å². The van der Waals surface area contributed by atoms with E-state index in [0.717, 1.165) is 12.2 Å². The SMILES string of the molecule is CC(=O)/C=C/C(=O)NC(C)=O. The maximum Gasteiger partial charge on any atom is 0.250 e. The van der Waals surface area contributed by atoms with Crippen LogP contribution < -0.4 is 5.32 Å². The number of hydrogen-bond acceptors (Lipinski definition) is 3. The molecule has 11 heavy (non-hydrogen) atoms. The Balaban J connectivity index is 3.88. The fourth-order valence-corrected chi connectivity index (χ4v) is 0.408. The van der Waals surface area contributed by atoms with Gasteiger partial charge in [0.05, 0.1) is 0 Å². The standard InChI is InChI=1S/C7H9NO3/c1-5(9)3-4-7(11)8-6(2)10/h3-4H,1-2H3,(H,8,10,11)/b4-3+. The predicted octanol–water partition coefficient (Wildman–Crippen LogP) is -0.206. The van der Waals surface area contributed by atoms with Gasteiger partial charge in [0.15, 0.2) is 5.78 Å². The zero-order chi connectivity index (χ0) is 8.85. The third-order valence-electron chi connectivity index (χ3n) is 0.769. The molecule has 0 rings (SSSR count). The van der Waals surface area contributed by atoms with Crippen molar-refractivity contribution in [1.82, 2.24) is 5.32 Å². The van der Waals surface area contributed by atoms with Gasteiger partial charge in [-0.05, 0) is 13.0 Å². The highest BCUT2D eigenvalue weighted by Crippen LogP contribution is 1.75. The summed E-state index contributed by atoms with van der Waals surface area (Å²) >= 11 is 0. The van der Waals surface area contributed by atoms with Crippen LogP contribution in [0.25, 0.3) is 0 Å². The second kappa shape index (κ2) is 4.38. The summed E-state index contributed by atoms with van der Waals surface area (Å²) in [7, 11) is 0. The van der Waals surface area contributed by atoms with E-state index in [4.69, 9.17) is 0 Å². The van der Waals surface area contributed by atoms with Crippen LogP contribution in [0.4, 0.5) is 0 Å². The van der Waals surface area contributed by atoms with E-state index in [1.54, 1.807) is 0 Å². The summed E-state index contributed by atoms with van der Waals surface area (Å²) in [5, 5.41) is 1.98. The second-order valence-electron chi connectivity index (χ2n) is 1.99. The van der Waals surface area contributed by atoms with Crippen LogP contribution in [0.15, 0.2) is 12.2 Å². The molecule has 0 aromatic heterocycles. The Morgan fingerprint density at radius 3 is 2.00 bits per heavy atom. The number of carbonyl (C=O) groups is 3. The number of allylic oxidation sites excluding steroid dienone is 1. The molecule has 0 saturated heterocycles. The molecule has 0 atom stereocenters. The Morgan fingerprint density at radius 1 is 1.09 bits per heavy atom. The monoisotopic (exact) mass is 155 g/mol. The zero-order valence-corrected chi connectivity index (χ0v) is 6.38. The Labute approximate surface area is 64.3 Å². The van der Waals surface area contributed by atoms with Crippen molar-refractivity contribution in [1.29, 1.82) is 0 Å². The topological polar surface area (TPSA) is 63.2 Å². The van der Waals surface area contributed by atoms with Crippen LogP contribution in [0.1, 0.15) is 13.8 Å². The summed E-state index contributed by atoms with van der Waals surface area (Å²) in [5.74, 6) is -1.25. The molecule has 0 bridgehead atoms. The molecule has 0 aliphatic carbocycles. The molecule has 0 aromatic rings. The number of imide groups is 1. The maximum absolute atomic E-state index is 10.6. The molecule has 60 valence electrons. The van der Waals surface area contributed by atoms with Crippen molar-refractivity contribution >= 4 is 17.6 Å². The van der Waals surface area contributed by atoms with E-state index in [1.165, 1.54) is 13.8 Å². The van der Waals surface area contributed by atoms with Crippen molar-refractivity contribution in [2.75, 3.05) is 0 Å². The van der Waals surface area contributed by atoms with Crippen LogP contribution in [0.3, 0.4) is 0 Å². The average molecular weight is 155 g/mol. The fourth-order valence-electron chi connectivity index (χ4n) is 0.408. The number of hydrogen-bond donors (Lipinski definition) is 1. The lowest BCUT2D eigenvalue weighted by atomic mass is 10.4. The Kier molecular flexibility index (Phi) is 3.80. The molecule has 0 radical (unpaired) electrons. The molecular formula is C7H9NO3. The van der Waals surface area contributed by atoms with Crippen molar-refractivity contribution in [3.05, 3.63) is 12.2 Å². The number of rotatable bonds is 2. The molecule has 0 fully saturated rings. The van der Waals surface area contributed by atoms with Crippen molar-refractivity contribution in [2.45, 2.75) is 13.8 Å². The van der Waals surface area contributed by atoms with E-state index in [0.29, 0.717) is 0 Å². The van der Waals surface area contributed by atoms with Crippen LogP contribution in [-0.4, -0.2) is 17.6 Å². The van der Waals surface area contributed by atoms with Gasteiger partial charge in [0, 0.05) is 13.0 Å². The minimum absolute atomic E-state index is 0.233. The van der Waals surface area contributed by atoms with Crippen LogP contribution in [-0.2, 0) is 14.4 Å². The molecular weight excluding hydrogens is 146 g/mol. The van der Waals surface area contributed by atoms with E-state index in [2.05, 4.69) is 0 Å². The molecule has 0 saturated carbocycles. The summed E-state index contributed by atoms with van der Waals surface area (Å²) in [6.45, 7) is 2.54. The Bertz CT molecular complexity index is 218. The highest BCUT2D eigenvalue weighted by atomic mass is 16.2. The first-order valence-corrected chi connectivity index (χ1v) is 3.02. The number of carbonyl (C=O) groups excluding carboxylic acids is 3. The fraction of sp³-hybridized carbons (Fsp3) is 0.286. The molecule has 0 spiro atoms. The molecule has 0 aliphatic rings. The molecule has 0 aromatic carbocycles. The third kappa shape index (κ3) is 6.44. The largest absolute Gasteiger partial charge is 0.295 e. The summed E-state index contributed by atoms with van der Waals surface area (Å²) in [5.41, 5.74) is 0. The Morgan fingerprint density at radius 2 is 1.64 bits per heavy atom. The van der Waals surface area contributed by atoms with Crippen molar-refractivity contribution in [3.63, 3.8) is 0 Å². The van der Waals surface area contributed by atoms with Crippen molar-refractivity contribution in [3.8, 4) is 0 Å². The van der Waals surface area contributed by atoms with Gasteiger partial charge in [0.1, 0.15) is 0 Å².